The van der Waals surface area contributed by atoms with Crippen LogP contribution in [-0.2, 0) is 0 Å². The molecule has 0 nitrogen and oxygen atoms in total. The first-order valence-electron chi connectivity index (χ1n) is 4.13. The Morgan fingerprint density at radius 2 is 1.92 bits per heavy atom. The van der Waals surface area contributed by atoms with Crippen LogP contribution in [0.25, 0.3) is 12.2 Å². The minimum Gasteiger partial charge on any atom is -0.124 e. The zero-order chi connectivity index (χ0) is 8.23. The van der Waals surface area contributed by atoms with Crippen molar-refractivity contribution in [1.29, 1.82) is 0 Å². The Labute approximate surface area is 72.5 Å². The average Bonchev–Trinajstić information content (AvgIpc) is 2.06. The fraction of sp³-hybridized carbons (Fsp3) is 0.0833. The van der Waals surface area contributed by atoms with Crippen LogP contribution < -0.4 is 0 Å². The van der Waals surface area contributed by atoms with E-state index >= 15 is 0 Å². The van der Waals surface area contributed by atoms with Gasteiger partial charge in [0.15, 0.2) is 0 Å². The summed E-state index contributed by atoms with van der Waals surface area (Å²) in [7, 11) is 0. The van der Waals surface area contributed by atoms with E-state index in [0.717, 1.165) is 6.42 Å². The van der Waals surface area contributed by atoms with Crippen molar-refractivity contribution < 1.29 is 0 Å². The predicted molar refractivity (Wildman–Crippen MR) is 52.6 cm³/mol. The summed E-state index contributed by atoms with van der Waals surface area (Å²) in [6, 6.07) is 8.33. The first-order chi connectivity index (χ1) is 5.97. The fourth-order valence-electron chi connectivity index (χ4n) is 1.27. The molecule has 0 aromatic heterocycles. The maximum Gasteiger partial charge on any atom is -0.00896 e. The van der Waals surface area contributed by atoms with Crippen LogP contribution in [0.3, 0.4) is 0 Å². The van der Waals surface area contributed by atoms with Gasteiger partial charge >= 0.3 is 0 Å². The van der Waals surface area contributed by atoms with Crippen molar-refractivity contribution in [1.82, 2.24) is 0 Å². The lowest BCUT2D eigenvalue weighted by molar-refractivity contribution is 1.41. The highest BCUT2D eigenvalue weighted by molar-refractivity contribution is 5.65. The van der Waals surface area contributed by atoms with Gasteiger partial charge in [-0.05, 0) is 29.7 Å². The van der Waals surface area contributed by atoms with E-state index < -0.39 is 0 Å². The Hall–Kier alpha value is -1.52. The highest BCUT2D eigenvalue weighted by atomic mass is 14.0. The zero-order valence-electron chi connectivity index (χ0n) is 6.83. The Morgan fingerprint density at radius 3 is 2.83 bits per heavy atom. The lowest BCUT2D eigenvalue weighted by Crippen LogP contribution is -1.79. The second-order valence-corrected chi connectivity index (χ2v) is 2.78. The van der Waals surface area contributed by atoms with Gasteiger partial charge in [0, 0.05) is 0 Å². The maximum absolute atomic E-state index is 3.14. The number of rotatable bonds is 0. The van der Waals surface area contributed by atoms with Gasteiger partial charge in [0.1, 0.15) is 0 Å². The fourth-order valence-corrected chi connectivity index (χ4v) is 1.27. The summed E-state index contributed by atoms with van der Waals surface area (Å²) in [4.78, 5) is 0. The molecular weight excluding hydrogens is 144 g/mol. The molecule has 1 aliphatic rings. The van der Waals surface area contributed by atoms with E-state index in [4.69, 9.17) is 0 Å². The summed E-state index contributed by atoms with van der Waals surface area (Å²) < 4.78 is 0. The molecule has 1 aliphatic carbocycles. The van der Waals surface area contributed by atoms with Gasteiger partial charge in [-0.3, -0.25) is 0 Å². The lowest BCUT2D eigenvalue weighted by atomic mass is 10.1. The van der Waals surface area contributed by atoms with Gasteiger partial charge in [0.05, 0.1) is 0 Å². The Kier molecular flexibility index (Phi) is 1.94. The van der Waals surface area contributed by atoms with Gasteiger partial charge < -0.3 is 0 Å². The quantitative estimate of drug-likeness (QED) is 0.503. The normalized spacial score (nSPS) is 13.7. The molecule has 0 amide bonds. The van der Waals surface area contributed by atoms with Crippen LogP contribution in [0, 0.1) is 0 Å². The van der Waals surface area contributed by atoms with E-state index in [1.165, 1.54) is 11.1 Å². The largest absolute Gasteiger partial charge is 0.124 e. The molecule has 0 saturated carbocycles. The molecule has 58 valence electrons. The molecule has 12 heavy (non-hydrogen) atoms. The Morgan fingerprint density at radius 1 is 1.08 bits per heavy atom. The van der Waals surface area contributed by atoms with Crippen LogP contribution in [0.5, 0.6) is 0 Å². The third-order valence-electron chi connectivity index (χ3n) is 1.90. The molecule has 0 heterocycles. The minimum absolute atomic E-state index is 0.977. The monoisotopic (exact) mass is 154 g/mol. The molecule has 1 aromatic carbocycles. The number of hydrogen-bond donors (Lipinski definition) is 0. The summed E-state index contributed by atoms with van der Waals surface area (Å²) in [5.41, 5.74) is 5.66. The van der Waals surface area contributed by atoms with Crippen molar-refractivity contribution in [3.8, 4) is 0 Å². The molecule has 0 spiro atoms. The summed E-state index contributed by atoms with van der Waals surface area (Å²) >= 11 is 0. The van der Waals surface area contributed by atoms with E-state index in [0.29, 0.717) is 0 Å². The average molecular weight is 154 g/mol. The van der Waals surface area contributed by atoms with Gasteiger partial charge in [0.25, 0.3) is 0 Å². The van der Waals surface area contributed by atoms with Crippen molar-refractivity contribution in [2.45, 2.75) is 6.42 Å². The van der Waals surface area contributed by atoms with Gasteiger partial charge in [-0.1, -0.05) is 36.4 Å². The second kappa shape index (κ2) is 3.25. The van der Waals surface area contributed by atoms with E-state index in [1.807, 2.05) is 18.2 Å². The molecular formula is C12H10. The Balaban J connectivity index is 2.58. The van der Waals surface area contributed by atoms with Crippen molar-refractivity contribution in [3.05, 3.63) is 53.3 Å². The van der Waals surface area contributed by atoms with Crippen molar-refractivity contribution in [2.24, 2.45) is 0 Å². The van der Waals surface area contributed by atoms with Crippen LogP contribution in [0.15, 0.2) is 42.1 Å². The topological polar surface area (TPSA) is 0 Å². The predicted octanol–water partition coefficient (Wildman–Crippen LogP) is 3.27. The van der Waals surface area contributed by atoms with Crippen LogP contribution in [0.2, 0.25) is 0 Å². The van der Waals surface area contributed by atoms with Crippen LogP contribution in [0.1, 0.15) is 17.5 Å². The molecule has 0 fully saturated rings. The molecule has 0 radical (unpaired) electrons. The third-order valence-corrected chi connectivity index (χ3v) is 1.90. The zero-order valence-corrected chi connectivity index (χ0v) is 6.83. The minimum atomic E-state index is 0.977. The first kappa shape index (κ1) is 7.15. The summed E-state index contributed by atoms with van der Waals surface area (Å²) in [5.74, 6) is 0. The van der Waals surface area contributed by atoms with Crippen molar-refractivity contribution >= 4 is 12.2 Å². The summed E-state index contributed by atoms with van der Waals surface area (Å²) in [6.45, 7) is 0. The molecule has 0 aliphatic heterocycles. The number of benzene rings is 1. The summed E-state index contributed by atoms with van der Waals surface area (Å²) in [5, 5.41) is 0. The number of fused-ring (bicyclic) bond motifs is 1. The Bertz CT molecular complexity index is 363. The van der Waals surface area contributed by atoms with E-state index in [-0.39, 0.29) is 0 Å². The molecule has 0 atom stereocenters. The highest BCUT2D eigenvalue weighted by Crippen LogP contribution is 2.13. The molecule has 0 heteroatoms. The molecule has 2 rings (SSSR count). The highest BCUT2D eigenvalue weighted by Gasteiger charge is 1.93. The molecule has 0 saturated heterocycles. The van der Waals surface area contributed by atoms with E-state index in [2.05, 4.69) is 36.1 Å². The SMILES string of the molecule is C1=CCC=Cc2ccccc2C=1. The van der Waals surface area contributed by atoms with Gasteiger partial charge in [0.2, 0.25) is 0 Å². The molecule has 1 aromatic rings. The summed E-state index contributed by atoms with van der Waals surface area (Å²) in [6.07, 6.45) is 9.35. The van der Waals surface area contributed by atoms with Crippen LogP contribution in [-0.4, -0.2) is 0 Å². The number of hydrogen-bond acceptors (Lipinski definition) is 0. The van der Waals surface area contributed by atoms with E-state index in [1.54, 1.807) is 0 Å². The van der Waals surface area contributed by atoms with Gasteiger partial charge in [-0.25, -0.2) is 0 Å². The molecule has 0 N–H and O–H groups in total. The van der Waals surface area contributed by atoms with Crippen LogP contribution >= 0.6 is 0 Å². The van der Waals surface area contributed by atoms with Crippen molar-refractivity contribution in [2.75, 3.05) is 0 Å². The standard InChI is InChI=1S/C12H10/c1-2-4-8-12-10-6-5-9-11(12)7-3-1/h1,4-10H,2H2. The smallest absolute Gasteiger partial charge is 0.00896 e. The van der Waals surface area contributed by atoms with Crippen LogP contribution in [0.4, 0.5) is 0 Å². The lowest BCUT2D eigenvalue weighted by Gasteiger charge is -1.99. The second-order valence-electron chi connectivity index (χ2n) is 2.78. The number of allylic oxidation sites excluding steroid dienone is 2. The molecule has 0 unspecified atom stereocenters. The van der Waals surface area contributed by atoms with Gasteiger partial charge in [-0.2, -0.15) is 0 Å². The third kappa shape index (κ3) is 1.39. The maximum atomic E-state index is 3.14. The van der Waals surface area contributed by atoms with Gasteiger partial charge in [-0.15, -0.1) is 5.73 Å². The molecule has 0 bridgehead atoms. The first-order valence-corrected chi connectivity index (χ1v) is 4.13. The van der Waals surface area contributed by atoms with Crippen molar-refractivity contribution in [3.63, 3.8) is 0 Å². The van der Waals surface area contributed by atoms with E-state index in [9.17, 15) is 0 Å².